The van der Waals surface area contributed by atoms with Crippen LogP contribution in [0.25, 0.3) is 11.3 Å². The highest BCUT2D eigenvalue weighted by Crippen LogP contribution is 2.16. The normalized spacial score (nSPS) is 10.2. The number of pyridine rings is 1. The molecule has 3 heteroatoms. The molecule has 3 nitrogen and oxygen atoms in total. The number of hydrogen-bond acceptors (Lipinski definition) is 3. The lowest BCUT2D eigenvalue weighted by Gasteiger charge is -2.02. The van der Waals surface area contributed by atoms with Gasteiger partial charge in [0.05, 0.1) is 5.69 Å². The summed E-state index contributed by atoms with van der Waals surface area (Å²) in [6.07, 6.45) is 1.80. The van der Waals surface area contributed by atoms with Crippen LogP contribution in [0.1, 0.15) is 5.56 Å². The maximum atomic E-state index is 5.25. The Labute approximate surface area is 88.9 Å². The molecule has 0 fully saturated rings. The van der Waals surface area contributed by atoms with E-state index in [2.05, 4.69) is 22.5 Å². The molecule has 1 heterocycles. The Bertz CT molecular complexity index is 409. The van der Waals surface area contributed by atoms with Crippen LogP contribution >= 0.6 is 0 Å². The molecule has 15 heavy (non-hydrogen) atoms. The summed E-state index contributed by atoms with van der Waals surface area (Å²) in [5.41, 5.74) is 5.90. The van der Waals surface area contributed by atoms with Gasteiger partial charge in [-0.2, -0.15) is 0 Å². The maximum absolute atomic E-state index is 5.25. The van der Waals surface area contributed by atoms with Gasteiger partial charge in [-0.05, 0) is 17.7 Å². The quantitative estimate of drug-likeness (QED) is 0.584. The third kappa shape index (κ3) is 2.40. The van der Waals surface area contributed by atoms with Crippen molar-refractivity contribution in [2.45, 2.75) is 6.54 Å². The molecule has 0 saturated carbocycles. The Morgan fingerprint density at radius 1 is 1.07 bits per heavy atom. The van der Waals surface area contributed by atoms with Crippen molar-refractivity contribution in [2.75, 3.05) is 0 Å². The second-order valence-corrected chi connectivity index (χ2v) is 3.29. The number of nitrogens with one attached hydrogen (secondary N) is 1. The standard InChI is InChI=1S/C12H13N3/c13-15-9-10-4-6-11(7-5-10)12-3-1-2-8-14-12/h1-8,15H,9,13H2. The van der Waals surface area contributed by atoms with E-state index in [1.165, 1.54) is 0 Å². The second kappa shape index (κ2) is 4.68. The van der Waals surface area contributed by atoms with E-state index in [9.17, 15) is 0 Å². The molecular weight excluding hydrogens is 186 g/mol. The highest BCUT2D eigenvalue weighted by molar-refractivity contribution is 5.58. The topological polar surface area (TPSA) is 50.9 Å². The SMILES string of the molecule is NNCc1ccc(-c2ccccn2)cc1. The minimum absolute atomic E-state index is 0.683. The van der Waals surface area contributed by atoms with Crippen LogP contribution < -0.4 is 11.3 Å². The fourth-order valence-electron chi connectivity index (χ4n) is 1.44. The van der Waals surface area contributed by atoms with E-state index in [1.54, 1.807) is 6.20 Å². The van der Waals surface area contributed by atoms with Gasteiger partial charge in [0.25, 0.3) is 0 Å². The summed E-state index contributed by atoms with van der Waals surface area (Å²) in [7, 11) is 0. The molecule has 0 unspecified atom stereocenters. The Hall–Kier alpha value is -1.71. The van der Waals surface area contributed by atoms with Crippen LogP contribution in [-0.2, 0) is 6.54 Å². The number of hydrogen-bond donors (Lipinski definition) is 2. The minimum Gasteiger partial charge on any atom is -0.271 e. The molecule has 1 aromatic carbocycles. The Morgan fingerprint density at radius 2 is 1.87 bits per heavy atom. The van der Waals surface area contributed by atoms with Gasteiger partial charge in [0.15, 0.2) is 0 Å². The van der Waals surface area contributed by atoms with Crippen molar-refractivity contribution in [2.24, 2.45) is 5.84 Å². The van der Waals surface area contributed by atoms with Gasteiger partial charge in [-0.3, -0.25) is 16.3 Å². The Kier molecular flexibility index (Phi) is 3.07. The van der Waals surface area contributed by atoms with E-state index in [0.29, 0.717) is 6.54 Å². The first-order chi connectivity index (χ1) is 7.40. The van der Waals surface area contributed by atoms with E-state index < -0.39 is 0 Å². The van der Waals surface area contributed by atoms with E-state index in [4.69, 9.17) is 5.84 Å². The van der Waals surface area contributed by atoms with Crippen LogP contribution in [0.15, 0.2) is 48.7 Å². The zero-order chi connectivity index (χ0) is 10.5. The average Bonchev–Trinajstić information content (AvgIpc) is 2.32. The van der Waals surface area contributed by atoms with Crippen LogP contribution in [0.5, 0.6) is 0 Å². The zero-order valence-corrected chi connectivity index (χ0v) is 8.35. The van der Waals surface area contributed by atoms with Crippen molar-refractivity contribution in [3.05, 3.63) is 54.2 Å². The monoisotopic (exact) mass is 199 g/mol. The van der Waals surface area contributed by atoms with Crippen LogP contribution in [0.2, 0.25) is 0 Å². The second-order valence-electron chi connectivity index (χ2n) is 3.29. The molecule has 0 atom stereocenters. The van der Waals surface area contributed by atoms with E-state index in [1.807, 2.05) is 30.3 Å². The first-order valence-electron chi connectivity index (χ1n) is 4.84. The molecule has 1 aromatic heterocycles. The summed E-state index contributed by atoms with van der Waals surface area (Å²) < 4.78 is 0. The fraction of sp³-hybridized carbons (Fsp3) is 0.0833. The predicted octanol–water partition coefficient (Wildman–Crippen LogP) is 1.71. The third-order valence-corrected chi connectivity index (χ3v) is 2.22. The van der Waals surface area contributed by atoms with Gasteiger partial charge in [-0.15, -0.1) is 0 Å². The van der Waals surface area contributed by atoms with Gasteiger partial charge in [0.2, 0.25) is 0 Å². The van der Waals surface area contributed by atoms with E-state index in [0.717, 1.165) is 16.8 Å². The van der Waals surface area contributed by atoms with Crippen molar-refractivity contribution in [1.82, 2.24) is 10.4 Å². The number of hydrazine groups is 1. The number of rotatable bonds is 3. The summed E-state index contributed by atoms with van der Waals surface area (Å²) in [4.78, 5) is 4.28. The van der Waals surface area contributed by atoms with Gasteiger partial charge >= 0.3 is 0 Å². The van der Waals surface area contributed by atoms with Crippen molar-refractivity contribution < 1.29 is 0 Å². The maximum Gasteiger partial charge on any atom is 0.0701 e. The largest absolute Gasteiger partial charge is 0.271 e. The molecule has 0 bridgehead atoms. The molecule has 0 aliphatic heterocycles. The summed E-state index contributed by atoms with van der Waals surface area (Å²) >= 11 is 0. The number of aromatic nitrogens is 1. The lowest BCUT2D eigenvalue weighted by molar-refractivity contribution is 0.741. The summed E-state index contributed by atoms with van der Waals surface area (Å²) in [5.74, 6) is 5.25. The molecule has 76 valence electrons. The van der Waals surface area contributed by atoms with Crippen molar-refractivity contribution in [1.29, 1.82) is 0 Å². The van der Waals surface area contributed by atoms with Gasteiger partial charge in [0, 0.05) is 18.3 Å². The molecule has 2 rings (SSSR count). The average molecular weight is 199 g/mol. The third-order valence-electron chi connectivity index (χ3n) is 2.22. The van der Waals surface area contributed by atoms with Gasteiger partial charge in [-0.1, -0.05) is 30.3 Å². The zero-order valence-electron chi connectivity index (χ0n) is 8.35. The Balaban J connectivity index is 2.24. The lowest BCUT2D eigenvalue weighted by atomic mass is 10.1. The van der Waals surface area contributed by atoms with Gasteiger partial charge in [-0.25, -0.2) is 0 Å². The fourth-order valence-corrected chi connectivity index (χ4v) is 1.44. The van der Waals surface area contributed by atoms with Gasteiger partial charge in [0.1, 0.15) is 0 Å². The molecule has 0 saturated heterocycles. The van der Waals surface area contributed by atoms with Crippen LogP contribution in [-0.4, -0.2) is 4.98 Å². The molecule has 2 aromatic rings. The minimum atomic E-state index is 0.683. The van der Waals surface area contributed by atoms with Crippen molar-refractivity contribution in [3.8, 4) is 11.3 Å². The molecule has 0 aliphatic rings. The van der Waals surface area contributed by atoms with Gasteiger partial charge < -0.3 is 0 Å². The number of nitrogens with zero attached hydrogens (tertiary/aromatic N) is 1. The first-order valence-corrected chi connectivity index (χ1v) is 4.84. The smallest absolute Gasteiger partial charge is 0.0701 e. The van der Waals surface area contributed by atoms with Crippen molar-refractivity contribution >= 4 is 0 Å². The molecular formula is C12H13N3. The Morgan fingerprint density at radius 3 is 2.47 bits per heavy atom. The molecule has 0 amide bonds. The summed E-state index contributed by atoms with van der Waals surface area (Å²) in [5, 5.41) is 0. The number of benzene rings is 1. The van der Waals surface area contributed by atoms with Crippen LogP contribution in [0, 0.1) is 0 Å². The molecule has 0 aliphatic carbocycles. The summed E-state index contributed by atoms with van der Waals surface area (Å²) in [6, 6.07) is 14.1. The van der Waals surface area contributed by atoms with Crippen molar-refractivity contribution in [3.63, 3.8) is 0 Å². The van der Waals surface area contributed by atoms with Crippen LogP contribution in [0.4, 0.5) is 0 Å². The van der Waals surface area contributed by atoms with E-state index >= 15 is 0 Å². The predicted molar refractivity (Wildman–Crippen MR) is 60.7 cm³/mol. The molecule has 0 radical (unpaired) electrons. The molecule has 0 spiro atoms. The van der Waals surface area contributed by atoms with Crippen LogP contribution in [0.3, 0.4) is 0 Å². The highest BCUT2D eigenvalue weighted by Gasteiger charge is 1.97. The summed E-state index contributed by atoms with van der Waals surface area (Å²) in [6.45, 7) is 0.683. The van der Waals surface area contributed by atoms with E-state index in [-0.39, 0.29) is 0 Å². The highest BCUT2D eigenvalue weighted by atomic mass is 15.2. The first kappa shape index (κ1) is 9.83. The number of nitrogens with two attached hydrogens (primary N) is 1. The lowest BCUT2D eigenvalue weighted by Crippen LogP contribution is -2.20. The molecule has 3 N–H and O–H groups in total.